The molecular weight excluding hydrogens is 218 g/mol. The second-order valence-corrected chi connectivity index (χ2v) is 3.66. The lowest BCUT2D eigenvalue weighted by Gasteiger charge is -2.22. The van der Waals surface area contributed by atoms with Gasteiger partial charge in [0.15, 0.2) is 0 Å². The molecule has 1 aromatic heterocycles. The fourth-order valence-corrected chi connectivity index (χ4v) is 1.90. The van der Waals surface area contributed by atoms with Crippen molar-refractivity contribution in [2.45, 2.75) is 19.5 Å². The summed E-state index contributed by atoms with van der Waals surface area (Å²) in [6.45, 7) is 2.92. The van der Waals surface area contributed by atoms with Crippen LogP contribution in [-0.4, -0.2) is 32.9 Å². The molecule has 1 unspecified atom stereocenters. The van der Waals surface area contributed by atoms with Crippen LogP contribution < -0.4 is 5.73 Å². The van der Waals surface area contributed by atoms with E-state index in [1.807, 2.05) is 11.5 Å². The van der Waals surface area contributed by atoms with E-state index >= 15 is 0 Å². The molecule has 6 heteroatoms. The fraction of sp³-hybridized carbons (Fsp3) is 0.364. The van der Waals surface area contributed by atoms with Gasteiger partial charge in [0.25, 0.3) is 0 Å². The van der Waals surface area contributed by atoms with E-state index in [1.165, 1.54) is 4.90 Å². The summed E-state index contributed by atoms with van der Waals surface area (Å²) in [7, 11) is 0. The van der Waals surface area contributed by atoms with E-state index in [0.717, 1.165) is 12.2 Å². The van der Waals surface area contributed by atoms with E-state index in [2.05, 4.69) is 15.9 Å². The number of amides is 2. The SMILES string of the molecule is C#CCN1C(=O)N=C(N)C1c1cncn1CC. The highest BCUT2D eigenvalue weighted by Gasteiger charge is 2.35. The number of carbonyl (C=O) groups excluding carboxylic acids is 1. The molecule has 0 fully saturated rings. The molecule has 1 aliphatic rings. The first-order valence-electron chi connectivity index (χ1n) is 5.27. The van der Waals surface area contributed by atoms with Crippen molar-refractivity contribution < 1.29 is 4.79 Å². The highest BCUT2D eigenvalue weighted by atomic mass is 16.2. The molecule has 2 rings (SSSR count). The van der Waals surface area contributed by atoms with Crippen molar-refractivity contribution in [1.82, 2.24) is 14.5 Å². The van der Waals surface area contributed by atoms with E-state index in [-0.39, 0.29) is 12.4 Å². The van der Waals surface area contributed by atoms with Crippen LogP contribution in [0.5, 0.6) is 0 Å². The third-order valence-electron chi connectivity index (χ3n) is 2.69. The third kappa shape index (κ3) is 1.76. The van der Waals surface area contributed by atoms with Crippen molar-refractivity contribution in [2.24, 2.45) is 10.7 Å². The zero-order chi connectivity index (χ0) is 12.4. The summed E-state index contributed by atoms with van der Waals surface area (Å²) < 4.78 is 1.91. The van der Waals surface area contributed by atoms with Gasteiger partial charge in [0.05, 0.1) is 24.8 Å². The maximum absolute atomic E-state index is 11.6. The summed E-state index contributed by atoms with van der Waals surface area (Å²) in [5, 5.41) is 0. The number of aromatic nitrogens is 2. The number of aliphatic imine (C=N–C) groups is 1. The minimum absolute atomic E-state index is 0.183. The molecule has 0 radical (unpaired) electrons. The molecule has 2 amide bonds. The Morgan fingerprint density at radius 3 is 3.06 bits per heavy atom. The lowest BCUT2D eigenvalue weighted by Crippen LogP contribution is -2.34. The minimum atomic E-state index is -0.402. The average Bonchev–Trinajstić information content (AvgIpc) is 2.85. The maximum atomic E-state index is 11.6. The smallest absolute Gasteiger partial charge is 0.347 e. The highest BCUT2D eigenvalue weighted by Crippen LogP contribution is 2.26. The Hall–Kier alpha value is -2.29. The number of hydrogen-bond donors (Lipinski definition) is 1. The summed E-state index contributed by atoms with van der Waals surface area (Å²) in [5.74, 6) is 2.70. The molecule has 1 aromatic rings. The first-order chi connectivity index (χ1) is 8.19. The van der Waals surface area contributed by atoms with Gasteiger partial charge in [-0.1, -0.05) is 5.92 Å². The molecule has 0 aliphatic carbocycles. The van der Waals surface area contributed by atoms with Crippen LogP contribution in [0.25, 0.3) is 0 Å². The lowest BCUT2D eigenvalue weighted by atomic mass is 10.2. The second-order valence-electron chi connectivity index (χ2n) is 3.66. The van der Waals surface area contributed by atoms with Crippen LogP contribution in [0.15, 0.2) is 17.5 Å². The zero-order valence-electron chi connectivity index (χ0n) is 9.50. The molecule has 0 spiro atoms. The van der Waals surface area contributed by atoms with E-state index in [9.17, 15) is 4.79 Å². The van der Waals surface area contributed by atoms with Crippen molar-refractivity contribution in [3.8, 4) is 12.3 Å². The monoisotopic (exact) mass is 231 g/mol. The quantitative estimate of drug-likeness (QED) is 0.763. The molecule has 2 N–H and O–H groups in total. The van der Waals surface area contributed by atoms with Gasteiger partial charge in [0, 0.05) is 6.54 Å². The van der Waals surface area contributed by atoms with Gasteiger partial charge in [-0.15, -0.1) is 6.42 Å². The van der Waals surface area contributed by atoms with Crippen LogP contribution in [0.2, 0.25) is 0 Å². The van der Waals surface area contributed by atoms with Crippen LogP contribution in [0.3, 0.4) is 0 Å². The number of terminal acetylenes is 1. The Morgan fingerprint density at radius 2 is 2.41 bits per heavy atom. The first-order valence-corrected chi connectivity index (χ1v) is 5.27. The standard InChI is InChI=1S/C11H13N5O/c1-3-5-16-9(10(12)14-11(16)17)8-6-13-7-15(8)4-2/h1,6-7,9H,4-5H2,2H3,(H2,12,14,17). The number of amidine groups is 1. The van der Waals surface area contributed by atoms with E-state index in [4.69, 9.17) is 12.2 Å². The zero-order valence-corrected chi connectivity index (χ0v) is 9.50. The predicted molar refractivity (Wildman–Crippen MR) is 63.2 cm³/mol. The molecule has 2 heterocycles. The number of rotatable bonds is 3. The fourth-order valence-electron chi connectivity index (χ4n) is 1.90. The number of urea groups is 1. The Morgan fingerprint density at radius 1 is 1.65 bits per heavy atom. The van der Waals surface area contributed by atoms with Crippen LogP contribution in [0.1, 0.15) is 18.7 Å². The van der Waals surface area contributed by atoms with Gasteiger partial charge in [-0.05, 0) is 6.92 Å². The van der Waals surface area contributed by atoms with Crippen molar-refractivity contribution >= 4 is 11.9 Å². The average molecular weight is 231 g/mol. The molecule has 0 aromatic carbocycles. The van der Waals surface area contributed by atoms with Gasteiger partial charge in [-0.25, -0.2) is 9.78 Å². The summed E-state index contributed by atoms with van der Waals surface area (Å²) in [6.07, 6.45) is 8.62. The van der Waals surface area contributed by atoms with Gasteiger partial charge in [0.2, 0.25) is 0 Å². The number of hydrogen-bond acceptors (Lipinski definition) is 3. The molecule has 0 bridgehead atoms. The Labute approximate surface area is 99.1 Å². The number of carbonyl (C=O) groups is 1. The molecule has 17 heavy (non-hydrogen) atoms. The Bertz CT molecular complexity index is 510. The predicted octanol–water partition coefficient (Wildman–Crippen LogP) is 0.370. The van der Waals surface area contributed by atoms with Gasteiger partial charge in [-0.3, -0.25) is 4.90 Å². The van der Waals surface area contributed by atoms with Gasteiger partial charge < -0.3 is 10.3 Å². The third-order valence-corrected chi connectivity index (χ3v) is 2.69. The summed E-state index contributed by atoms with van der Waals surface area (Å²) >= 11 is 0. The summed E-state index contributed by atoms with van der Waals surface area (Å²) in [6, 6.07) is -0.796. The topological polar surface area (TPSA) is 76.5 Å². The number of nitrogens with two attached hydrogens (primary N) is 1. The molecule has 1 atom stereocenters. The lowest BCUT2D eigenvalue weighted by molar-refractivity contribution is 0.212. The number of nitrogens with zero attached hydrogens (tertiary/aromatic N) is 4. The normalized spacial score (nSPS) is 19.3. The van der Waals surface area contributed by atoms with Gasteiger partial charge in [0.1, 0.15) is 11.9 Å². The van der Waals surface area contributed by atoms with Crippen LogP contribution in [0.4, 0.5) is 4.79 Å². The highest BCUT2D eigenvalue weighted by molar-refractivity contribution is 6.03. The van der Waals surface area contributed by atoms with Crippen LogP contribution in [0, 0.1) is 12.3 Å². The van der Waals surface area contributed by atoms with E-state index in [1.54, 1.807) is 12.5 Å². The number of imidazole rings is 1. The molecule has 1 aliphatic heterocycles. The summed E-state index contributed by atoms with van der Waals surface area (Å²) in [5.41, 5.74) is 6.61. The molecule has 0 saturated heterocycles. The van der Waals surface area contributed by atoms with Gasteiger partial charge >= 0.3 is 6.03 Å². The second kappa shape index (κ2) is 4.29. The van der Waals surface area contributed by atoms with Crippen LogP contribution >= 0.6 is 0 Å². The van der Waals surface area contributed by atoms with E-state index in [0.29, 0.717) is 0 Å². The van der Waals surface area contributed by atoms with E-state index < -0.39 is 12.1 Å². The Kier molecular flexibility index (Phi) is 2.83. The number of aryl methyl sites for hydroxylation is 1. The summed E-state index contributed by atoms with van der Waals surface area (Å²) in [4.78, 5) is 20.9. The molecule has 88 valence electrons. The van der Waals surface area contributed by atoms with Gasteiger partial charge in [-0.2, -0.15) is 4.99 Å². The van der Waals surface area contributed by atoms with Crippen molar-refractivity contribution in [2.75, 3.05) is 6.54 Å². The van der Waals surface area contributed by atoms with Crippen molar-refractivity contribution in [3.05, 3.63) is 18.2 Å². The molecule has 0 saturated carbocycles. The Balaban J connectivity index is 2.39. The molecular formula is C11H13N5O. The van der Waals surface area contributed by atoms with Crippen molar-refractivity contribution in [1.29, 1.82) is 0 Å². The largest absolute Gasteiger partial charge is 0.385 e. The minimum Gasteiger partial charge on any atom is -0.385 e. The van der Waals surface area contributed by atoms with Crippen LogP contribution in [-0.2, 0) is 6.54 Å². The molecule has 6 nitrogen and oxygen atoms in total. The van der Waals surface area contributed by atoms with Crippen molar-refractivity contribution in [3.63, 3.8) is 0 Å². The maximum Gasteiger partial charge on any atom is 0.347 e. The first kappa shape index (κ1) is 11.2.